The number of benzene rings is 3. The van der Waals surface area contributed by atoms with Crippen LogP contribution in [0.1, 0.15) is 23.0 Å². The van der Waals surface area contributed by atoms with Crippen LogP contribution in [0.3, 0.4) is 0 Å². The molecule has 9 heteroatoms. The van der Waals surface area contributed by atoms with Gasteiger partial charge in [-0.05, 0) is 54.4 Å². The third-order valence-corrected chi connectivity index (χ3v) is 6.12. The number of hydrogen-bond acceptors (Lipinski definition) is 5. The van der Waals surface area contributed by atoms with Crippen LogP contribution in [0.4, 0.5) is 5.69 Å². The summed E-state index contributed by atoms with van der Waals surface area (Å²) in [7, 11) is 1.48. The minimum Gasteiger partial charge on any atom is -0.504 e. The number of ether oxygens (including phenoxy) is 2. The van der Waals surface area contributed by atoms with Gasteiger partial charge in [0.05, 0.1) is 25.8 Å². The van der Waals surface area contributed by atoms with Crippen LogP contribution in [0, 0.1) is 0 Å². The second kappa shape index (κ2) is 11.4. The van der Waals surface area contributed by atoms with E-state index in [2.05, 4.69) is 5.32 Å². The van der Waals surface area contributed by atoms with E-state index >= 15 is 0 Å². The van der Waals surface area contributed by atoms with Crippen LogP contribution < -0.4 is 10.1 Å². The number of anilines is 1. The van der Waals surface area contributed by atoms with Crippen LogP contribution in [-0.4, -0.2) is 35.3 Å². The van der Waals surface area contributed by atoms with Gasteiger partial charge in [-0.1, -0.05) is 59.6 Å². The van der Waals surface area contributed by atoms with Gasteiger partial charge in [-0.3, -0.25) is 9.36 Å². The summed E-state index contributed by atoms with van der Waals surface area (Å²) in [4.78, 5) is 25.7. The van der Waals surface area contributed by atoms with Crippen molar-refractivity contribution in [2.75, 3.05) is 19.0 Å². The lowest BCUT2D eigenvalue weighted by atomic mass is 10.0. The Labute approximate surface area is 224 Å². The van der Waals surface area contributed by atoms with Gasteiger partial charge in [0, 0.05) is 16.3 Å². The van der Waals surface area contributed by atoms with Gasteiger partial charge in [-0.25, -0.2) is 4.79 Å². The zero-order valence-electron chi connectivity index (χ0n) is 20.1. The number of aromatic hydroxyl groups is 1. The van der Waals surface area contributed by atoms with Crippen LogP contribution >= 0.6 is 23.2 Å². The second-order valence-corrected chi connectivity index (χ2v) is 8.87. The molecule has 37 heavy (non-hydrogen) atoms. The average molecular weight is 539 g/mol. The molecule has 0 atom stereocenters. The lowest BCUT2D eigenvalue weighted by Crippen LogP contribution is -2.18. The average Bonchev–Trinajstić information content (AvgIpc) is 3.19. The molecule has 1 aromatic heterocycles. The van der Waals surface area contributed by atoms with Crippen LogP contribution in [0.2, 0.25) is 10.2 Å². The minimum absolute atomic E-state index is 0.0219. The number of para-hydroxylation sites is 1. The van der Waals surface area contributed by atoms with Crippen molar-refractivity contribution >= 4 is 40.8 Å². The summed E-state index contributed by atoms with van der Waals surface area (Å²) < 4.78 is 12.0. The van der Waals surface area contributed by atoms with Crippen molar-refractivity contribution in [1.29, 1.82) is 0 Å². The maximum atomic E-state index is 12.9. The maximum Gasteiger partial charge on any atom is 0.357 e. The van der Waals surface area contributed by atoms with Crippen molar-refractivity contribution in [3.63, 3.8) is 0 Å². The Balaban J connectivity index is 1.68. The molecule has 2 N–H and O–H groups in total. The van der Waals surface area contributed by atoms with E-state index < -0.39 is 5.97 Å². The highest BCUT2D eigenvalue weighted by Crippen LogP contribution is 2.37. The van der Waals surface area contributed by atoms with E-state index in [0.717, 1.165) is 11.1 Å². The molecule has 0 saturated heterocycles. The Bertz CT molecular complexity index is 1450. The predicted octanol–water partition coefficient (Wildman–Crippen LogP) is 6.52. The van der Waals surface area contributed by atoms with Gasteiger partial charge in [0.25, 0.3) is 0 Å². The SMILES string of the molecule is CCOC(=O)c1c(NC(=O)Cc2cccc(Cl)c2)cc(Cl)n1-c1ccc(-c2cccc(OC)c2O)cc1. The molecule has 0 spiro atoms. The Morgan fingerprint density at radius 2 is 1.73 bits per heavy atom. The van der Waals surface area contributed by atoms with Gasteiger partial charge in [-0.15, -0.1) is 0 Å². The van der Waals surface area contributed by atoms with E-state index in [1.807, 2.05) is 0 Å². The zero-order chi connectivity index (χ0) is 26.5. The molecular weight excluding hydrogens is 515 g/mol. The van der Waals surface area contributed by atoms with E-state index in [4.69, 9.17) is 32.7 Å². The molecule has 7 nitrogen and oxygen atoms in total. The number of rotatable bonds is 8. The number of nitrogens with zero attached hydrogens (tertiary/aromatic N) is 1. The summed E-state index contributed by atoms with van der Waals surface area (Å²) in [5.41, 5.74) is 2.92. The molecule has 0 aliphatic rings. The largest absolute Gasteiger partial charge is 0.504 e. The summed E-state index contributed by atoms with van der Waals surface area (Å²) in [5.74, 6) is -0.598. The van der Waals surface area contributed by atoms with Gasteiger partial charge in [0.15, 0.2) is 17.2 Å². The first kappa shape index (κ1) is 26.1. The molecule has 3 aromatic carbocycles. The van der Waals surface area contributed by atoms with E-state index in [9.17, 15) is 14.7 Å². The van der Waals surface area contributed by atoms with Crippen molar-refractivity contribution in [2.24, 2.45) is 0 Å². The molecule has 1 amide bonds. The van der Waals surface area contributed by atoms with Gasteiger partial charge >= 0.3 is 5.97 Å². The van der Waals surface area contributed by atoms with Crippen molar-refractivity contribution in [3.8, 4) is 28.3 Å². The number of hydrogen-bond donors (Lipinski definition) is 2. The lowest BCUT2D eigenvalue weighted by Gasteiger charge is -2.13. The molecule has 4 aromatic rings. The standard InChI is InChI=1S/C28H24Cl2N2O5/c1-3-37-28(35)26-22(31-25(33)15-17-6-4-7-19(29)14-17)16-24(30)32(26)20-12-10-18(11-13-20)21-8-5-9-23(36-2)27(21)34/h4-14,16,34H,3,15H2,1-2H3,(H,31,33). The minimum atomic E-state index is -0.637. The molecule has 4 rings (SSSR count). The van der Waals surface area contributed by atoms with E-state index in [1.165, 1.54) is 17.7 Å². The molecular formula is C28H24Cl2N2O5. The molecule has 0 radical (unpaired) electrons. The van der Waals surface area contributed by atoms with Crippen molar-refractivity contribution in [3.05, 3.63) is 94.2 Å². The molecule has 0 saturated carbocycles. The van der Waals surface area contributed by atoms with Crippen LogP contribution in [0.15, 0.2) is 72.8 Å². The van der Waals surface area contributed by atoms with Crippen LogP contribution in [0.25, 0.3) is 16.8 Å². The molecule has 0 fully saturated rings. The first-order chi connectivity index (χ1) is 17.8. The first-order valence-corrected chi connectivity index (χ1v) is 12.2. The Hall–Kier alpha value is -3.94. The van der Waals surface area contributed by atoms with E-state index in [0.29, 0.717) is 22.0 Å². The smallest absolute Gasteiger partial charge is 0.357 e. The molecule has 0 aliphatic carbocycles. The van der Waals surface area contributed by atoms with Crippen LogP contribution in [-0.2, 0) is 16.0 Å². The summed E-state index contributed by atoms with van der Waals surface area (Å²) in [6.45, 7) is 1.84. The number of esters is 1. The monoisotopic (exact) mass is 538 g/mol. The number of phenols is 1. The zero-order valence-corrected chi connectivity index (χ0v) is 21.6. The molecule has 190 valence electrons. The number of aromatic nitrogens is 1. The maximum absolute atomic E-state index is 12.9. The summed E-state index contributed by atoms with van der Waals surface area (Å²) >= 11 is 12.6. The highest BCUT2D eigenvalue weighted by molar-refractivity contribution is 6.31. The quantitative estimate of drug-likeness (QED) is 0.249. The number of carbonyl (C=O) groups excluding carboxylic acids is 2. The predicted molar refractivity (Wildman–Crippen MR) is 144 cm³/mol. The Morgan fingerprint density at radius 3 is 2.41 bits per heavy atom. The van der Waals surface area contributed by atoms with Gasteiger partial charge < -0.3 is 19.9 Å². The highest BCUT2D eigenvalue weighted by atomic mass is 35.5. The fourth-order valence-corrected chi connectivity index (χ4v) is 4.47. The number of halogens is 2. The number of carbonyl (C=O) groups is 2. The second-order valence-electron chi connectivity index (χ2n) is 8.04. The first-order valence-electron chi connectivity index (χ1n) is 11.4. The molecule has 0 aliphatic heterocycles. The highest BCUT2D eigenvalue weighted by Gasteiger charge is 2.24. The Morgan fingerprint density at radius 1 is 1.00 bits per heavy atom. The summed E-state index contributed by atoms with van der Waals surface area (Å²) in [5, 5.41) is 14.0. The number of nitrogens with one attached hydrogen (secondary N) is 1. The van der Waals surface area contributed by atoms with Gasteiger partial charge in [0.1, 0.15) is 5.15 Å². The normalized spacial score (nSPS) is 10.7. The summed E-state index contributed by atoms with van der Waals surface area (Å²) in [6, 6.07) is 20.8. The van der Waals surface area contributed by atoms with Crippen molar-refractivity contribution in [1.82, 2.24) is 4.57 Å². The molecule has 0 bridgehead atoms. The van der Waals surface area contributed by atoms with Crippen molar-refractivity contribution in [2.45, 2.75) is 13.3 Å². The van der Waals surface area contributed by atoms with Gasteiger partial charge in [-0.2, -0.15) is 0 Å². The van der Waals surface area contributed by atoms with Crippen molar-refractivity contribution < 1.29 is 24.2 Å². The summed E-state index contributed by atoms with van der Waals surface area (Å²) in [6.07, 6.45) is 0.0599. The lowest BCUT2D eigenvalue weighted by molar-refractivity contribution is -0.115. The fraction of sp³-hybridized carbons (Fsp3) is 0.143. The third-order valence-electron chi connectivity index (χ3n) is 5.61. The fourth-order valence-electron chi connectivity index (χ4n) is 3.96. The number of methoxy groups -OCH3 is 1. The van der Waals surface area contributed by atoms with Crippen LogP contribution in [0.5, 0.6) is 11.5 Å². The van der Waals surface area contributed by atoms with Gasteiger partial charge in [0.2, 0.25) is 5.91 Å². The van der Waals surface area contributed by atoms with E-state index in [-0.39, 0.29) is 41.2 Å². The molecule has 0 unspecified atom stereocenters. The third kappa shape index (κ3) is 5.74. The Kier molecular flexibility index (Phi) is 8.06. The molecule has 1 heterocycles. The number of phenolic OH excluding ortho intramolecular Hbond substituents is 1. The van der Waals surface area contributed by atoms with E-state index in [1.54, 1.807) is 73.7 Å². The number of amides is 1. The topological polar surface area (TPSA) is 89.8 Å².